The molecule has 0 aromatic rings. The van der Waals surface area contributed by atoms with Gasteiger partial charge in [-0.25, -0.2) is 0 Å². The van der Waals surface area contributed by atoms with Crippen LogP contribution >= 0.6 is 12.4 Å². The van der Waals surface area contributed by atoms with Gasteiger partial charge in [-0.05, 0) is 20.3 Å². The van der Waals surface area contributed by atoms with Gasteiger partial charge >= 0.3 is 0 Å². The highest BCUT2D eigenvalue weighted by Crippen LogP contribution is 2.29. The maximum Gasteiger partial charge on any atom is 0.242 e. The molecule has 0 aromatic heterocycles. The fourth-order valence-electron chi connectivity index (χ4n) is 1.99. The van der Waals surface area contributed by atoms with Crippen LogP contribution < -0.4 is 5.32 Å². The van der Waals surface area contributed by atoms with E-state index in [1.807, 2.05) is 4.90 Å². The van der Waals surface area contributed by atoms with Gasteiger partial charge in [-0.3, -0.25) is 4.79 Å². The van der Waals surface area contributed by atoms with Gasteiger partial charge < -0.3 is 15.0 Å². The Bertz CT molecular complexity index is 240. The van der Waals surface area contributed by atoms with Crippen molar-refractivity contribution in [2.24, 2.45) is 0 Å². The van der Waals surface area contributed by atoms with E-state index in [4.69, 9.17) is 4.74 Å². The van der Waals surface area contributed by atoms with E-state index < -0.39 is 0 Å². The van der Waals surface area contributed by atoms with E-state index in [9.17, 15) is 4.79 Å². The molecule has 5 heteroatoms. The lowest BCUT2D eigenvalue weighted by Crippen LogP contribution is -2.64. The number of carbonyl (C=O) groups excluding carboxylic acids is 1. The third-order valence-corrected chi connectivity index (χ3v) is 3.16. The largest absolute Gasteiger partial charge is 0.378 e. The molecule has 2 aliphatic heterocycles. The van der Waals surface area contributed by atoms with E-state index in [0.717, 1.165) is 19.5 Å². The topological polar surface area (TPSA) is 41.6 Å². The van der Waals surface area contributed by atoms with Crippen molar-refractivity contribution in [3.8, 4) is 0 Å². The van der Waals surface area contributed by atoms with Gasteiger partial charge in [0, 0.05) is 18.6 Å². The second-order valence-electron chi connectivity index (χ2n) is 4.63. The molecule has 0 bridgehead atoms. The molecular formula is C10H19ClN2O2. The molecule has 0 radical (unpaired) electrons. The van der Waals surface area contributed by atoms with Gasteiger partial charge in [-0.2, -0.15) is 0 Å². The Morgan fingerprint density at radius 1 is 1.53 bits per heavy atom. The summed E-state index contributed by atoms with van der Waals surface area (Å²) in [5.74, 6) is 0.195. The number of carbonyl (C=O) groups is 1. The van der Waals surface area contributed by atoms with E-state index in [1.54, 1.807) is 0 Å². The Balaban J connectivity index is 0.00000112. The van der Waals surface area contributed by atoms with Gasteiger partial charge in [-0.15, -0.1) is 12.4 Å². The minimum absolute atomic E-state index is 0. The van der Waals surface area contributed by atoms with Crippen LogP contribution in [0.2, 0.25) is 0 Å². The molecule has 88 valence electrons. The zero-order valence-electron chi connectivity index (χ0n) is 9.28. The number of rotatable bonds is 1. The number of likely N-dealkylation sites (tertiary alicyclic amines) is 1. The first-order valence-electron chi connectivity index (χ1n) is 5.24. The first-order valence-corrected chi connectivity index (χ1v) is 5.24. The van der Waals surface area contributed by atoms with Gasteiger partial charge in [0.2, 0.25) is 5.91 Å². The lowest BCUT2D eigenvalue weighted by molar-refractivity contribution is -0.149. The first kappa shape index (κ1) is 12.7. The second-order valence-corrected chi connectivity index (χ2v) is 4.63. The van der Waals surface area contributed by atoms with Crippen molar-refractivity contribution in [1.29, 1.82) is 0 Å². The Kier molecular flexibility index (Phi) is 3.98. The Labute approximate surface area is 96.7 Å². The van der Waals surface area contributed by atoms with Crippen LogP contribution in [0.5, 0.6) is 0 Å². The maximum absolute atomic E-state index is 12.0. The molecule has 2 aliphatic rings. The normalized spacial score (nSPS) is 28.9. The van der Waals surface area contributed by atoms with Gasteiger partial charge in [-0.1, -0.05) is 0 Å². The number of nitrogens with zero attached hydrogens (tertiary/aromatic N) is 1. The third kappa shape index (κ3) is 2.44. The fraction of sp³-hybridized carbons (Fsp3) is 0.900. The van der Waals surface area contributed by atoms with Crippen molar-refractivity contribution in [2.45, 2.75) is 31.8 Å². The summed E-state index contributed by atoms with van der Waals surface area (Å²) in [6.45, 7) is 7.13. The summed E-state index contributed by atoms with van der Waals surface area (Å²) < 4.78 is 5.28. The van der Waals surface area contributed by atoms with Crippen molar-refractivity contribution >= 4 is 18.3 Å². The molecule has 1 atom stereocenters. The van der Waals surface area contributed by atoms with Crippen LogP contribution in [-0.4, -0.2) is 48.7 Å². The van der Waals surface area contributed by atoms with Crippen LogP contribution in [0.4, 0.5) is 0 Å². The van der Waals surface area contributed by atoms with E-state index in [2.05, 4.69) is 19.2 Å². The first-order chi connectivity index (χ1) is 6.61. The number of hydrogen-bond acceptors (Lipinski definition) is 3. The molecule has 0 aliphatic carbocycles. The molecule has 4 nitrogen and oxygen atoms in total. The quantitative estimate of drug-likeness (QED) is 0.715. The number of hydrogen-bond donors (Lipinski definition) is 1. The molecular weight excluding hydrogens is 216 g/mol. The van der Waals surface area contributed by atoms with E-state index in [-0.39, 0.29) is 29.9 Å². The summed E-state index contributed by atoms with van der Waals surface area (Å²) in [6, 6.07) is -0.122. The van der Waals surface area contributed by atoms with E-state index in [0.29, 0.717) is 13.2 Å². The van der Waals surface area contributed by atoms with Crippen LogP contribution in [0.3, 0.4) is 0 Å². The van der Waals surface area contributed by atoms with Crippen molar-refractivity contribution in [3.63, 3.8) is 0 Å². The molecule has 1 amide bonds. The van der Waals surface area contributed by atoms with Crippen molar-refractivity contribution in [3.05, 3.63) is 0 Å². The van der Waals surface area contributed by atoms with Crippen LogP contribution in [-0.2, 0) is 9.53 Å². The van der Waals surface area contributed by atoms with Crippen LogP contribution in [0.1, 0.15) is 20.3 Å². The monoisotopic (exact) mass is 234 g/mol. The van der Waals surface area contributed by atoms with Crippen molar-refractivity contribution in [2.75, 3.05) is 26.3 Å². The Hall–Kier alpha value is -0.320. The van der Waals surface area contributed by atoms with Crippen LogP contribution in [0.25, 0.3) is 0 Å². The molecule has 2 fully saturated rings. The SMILES string of the molecule is CC1(C)CCN1C(=O)[C@H]1COCCN1.Cl. The standard InChI is InChI=1S/C10H18N2O2.ClH/c1-10(2)3-5-12(10)9(13)8-7-14-6-4-11-8;/h8,11H,3-7H2,1-2H3;1H/t8-;/m1./s1. The molecule has 0 saturated carbocycles. The zero-order valence-corrected chi connectivity index (χ0v) is 10.1. The lowest BCUT2D eigenvalue weighted by Gasteiger charge is -2.50. The van der Waals surface area contributed by atoms with Crippen molar-refractivity contribution in [1.82, 2.24) is 10.2 Å². The zero-order chi connectivity index (χ0) is 10.2. The summed E-state index contributed by atoms with van der Waals surface area (Å²) >= 11 is 0. The molecule has 1 N–H and O–H groups in total. The Morgan fingerprint density at radius 3 is 2.67 bits per heavy atom. The number of halogens is 1. The average molecular weight is 235 g/mol. The molecule has 0 aromatic carbocycles. The van der Waals surface area contributed by atoms with Crippen molar-refractivity contribution < 1.29 is 9.53 Å². The minimum Gasteiger partial charge on any atom is -0.378 e. The summed E-state index contributed by atoms with van der Waals surface area (Å²) in [4.78, 5) is 13.9. The highest BCUT2D eigenvalue weighted by Gasteiger charge is 2.41. The lowest BCUT2D eigenvalue weighted by atomic mass is 9.88. The van der Waals surface area contributed by atoms with Gasteiger partial charge in [0.25, 0.3) is 0 Å². The van der Waals surface area contributed by atoms with Gasteiger partial charge in [0.15, 0.2) is 0 Å². The average Bonchev–Trinajstić information content (AvgIpc) is 2.18. The predicted molar refractivity (Wildman–Crippen MR) is 60.3 cm³/mol. The number of ether oxygens (including phenoxy) is 1. The molecule has 2 rings (SSSR count). The minimum atomic E-state index is -0.122. The predicted octanol–water partition coefficient (Wildman–Crippen LogP) is 0.407. The fourth-order valence-corrected chi connectivity index (χ4v) is 1.99. The second kappa shape index (κ2) is 4.68. The third-order valence-electron chi connectivity index (χ3n) is 3.16. The molecule has 2 saturated heterocycles. The molecule has 0 unspecified atom stereocenters. The van der Waals surface area contributed by atoms with E-state index >= 15 is 0 Å². The summed E-state index contributed by atoms with van der Waals surface area (Å²) in [7, 11) is 0. The van der Waals surface area contributed by atoms with Gasteiger partial charge in [0.05, 0.1) is 13.2 Å². The number of nitrogens with one attached hydrogen (secondary N) is 1. The molecule has 0 spiro atoms. The molecule has 15 heavy (non-hydrogen) atoms. The highest BCUT2D eigenvalue weighted by molar-refractivity contribution is 5.85. The summed E-state index contributed by atoms with van der Waals surface area (Å²) in [5.41, 5.74) is 0.0518. The number of amides is 1. The van der Waals surface area contributed by atoms with Crippen LogP contribution in [0.15, 0.2) is 0 Å². The Morgan fingerprint density at radius 2 is 2.27 bits per heavy atom. The summed E-state index contributed by atoms with van der Waals surface area (Å²) in [6.07, 6.45) is 1.10. The maximum atomic E-state index is 12.0. The highest BCUT2D eigenvalue weighted by atomic mass is 35.5. The molecule has 2 heterocycles. The van der Waals surface area contributed by atoms with Gasteiger partial charge in [0.1, 0.15) is 6.04 Å². The number of morpholine rings is 1. The smallest absolute Gasteiger partial charge is 0.242 e. The van der Waals surface area contributed by atoms with E-state index in [1.165, 1.54) is 0 Å². The summed E-state index contributed by atoms with van der Waals surface area (Å²) in [5, 5.41) is 3.19. The van der Waals surface area contributed by atoms with Crippen LogP contribution in [0, 0.1) is 0 Å².